The quantitative estimate of drug-likeness (QED) is 0.503. The minimum atomic E-state index is -0.608. The van der Waals surface area contributed by atoms with Gasteiger partial charge in [-0.3, -0.25) is 0 Å². The Morgan fingerprint density at radius 3 is 2.43 bits per heavy atom. The minimum Gasteiger partial charge on any atom is -0.225 e. The fourth-order valence-corrected chi connectivity index (χ4v) is 2.90. The Bertz CT molecular complexity index is 871. The van der Waals surface area contributed by atoms with Gasteiger partial charge in [0.05, 0.1) is 10.4 Å². The maximum absolute atomic E-state index is 13.9. The molecule has 0 atom stereocenters. The van der Waals surface area contributed by atoms with Crippen molar-refractivity contribution in [1.29, 1.82) is 0 Å². The zero-order valence-electron chi connectivity index (χ0n) is 10.2. The van der Waals surface area contributed by atoms with Crippen LogP contribution in [0.3, 0.4) is 0 Å². The average Bonchev–Trinajstić information content (AvgIpc) is 2.45. The molecule has 0 amide bonds. The van der Waals surface area contributed by atoms with Crippen LogP contribution in [0.25, 0.3) is 22.3 Å². The lowest BCUT2D eigenvalue weighted by Crippen LogP contribution is -1.95. The van der Waals surface area contributed by atoms with Crippen molar-refractivity contribution in [2.75, 3.05) is 0 Å². The molecule has 0 spiro atoms. The Labute approximate surface area is 136 Å². The van der Waals surface area contributed by atoms with Crippen LogP contribution in [0.15, 0.2) is 34.8 Å². The van der Waals surface area contributed by atoms with Crippen LogP contribution in [0.1, 0.15) is 0 Å². The molecule has 106 valence electrons. The van der Waals surface area contributed by atoms with Crippen molar-refractivity contribution < 1.29 is 8.78 Å². The van der Waals surface area contributed by atoms with Gasteiger partial charge in [0.2, 0.25) is 0 Å². The smallest absolute Gasteiger partial charge is 0.161 e. The van der Waals surface area contributed by atoms with Crippen molar-refractivity contribution in [2.24, 2.45) is 0 Å². The number of hydrogen-bond acceptors (Lipinski definition) is 2. The van der Waals surface area contributed by atoms with Gasteiger partial charge in [-0.1, -0.05) is 23.2 Å². The summed E-state index contributed by atoms with van der Waals surface area (Å²) in [7, 11) is 0. The molecule has 1 heterocycles. The van der Waals surface area contributed by atoms with E-state index < -0.39 is 11.6 Å². The number of aromatic nitrogens is 2. The highest BCUT2D eigenvalue weighted by Gasteiger charge is 2.14. The molecule has 1 aromatic heterocycles. The summed E-state index contributed by atoms with van der Waals surface area (Å²) in [6.45, 7) is 0. The normalized spacial score (nSPS) is 11.1. The fraction of sp³-hybridized carbons (Fsp3) is 0. The molecule has 21 heavy (non-hydrogen) atoms. The van der Waals surface area contributed by atoms with Crippen LogP contribution in [0.2, 0.25) is 10.2 Å². The number of hydrogen-bond donors (Lipinski definition) is 0. The van der Waals surface area contributed by atoms with Crippen LogP contribution in [-0.4, -0.2) is 9.97 Å². The SMILES string of the molecule is Fc1cc(-c2nc(Cl)c3c(Br)ccc(F)c3n2)ccc1Cl. The number of nitrogens with zero attached hydrogens (tertiary/aromatic N) is 2. The first-order chi connectivity index (χ1) is 9.97. The van der Waals surface area contributed by atoms with Crippen molar-refractivity contribution in [2.45, 2.75) is 0 Å². The average molecular weight is 390 g/mol. The van der Waals surface area contributed by atoms with Crippen LogP contribution < -0.4 is 0 Å². The van der Waals surface area contributed by atoms with Crippen LogP contribution in [0, 0.1) is 11.6 Å². The maximum Gasteiger partial charge on any atom is 0.161 e. The molecule has 3 aromatic rings. The van der Waals surface area contributed by atoms with E-state index in [1.54, 1.807) is 6.07 Å². The van der Waals surface area contributed by atoms with E-state index in [0.29, 0.717) is 15.4 Å². The van der Waals surface area contributed by atoms with Crippen LogP contribution in [0.5, 0.6) is 0 Å². The highest BCUT2D eigenvalue weighted by molar-refractivity contribution is 9.10. The standard InChI is InChI=1S/C14H5BrCl2F2N2/c15-7-2-4-9(18)12-11(7)13(17)21-14(20-12)6-1-3-8(16)10(19)5-6/h1-5H. The summed E-state index contributed by atoms with van der Waals surface area (Å²) in [4.78, 5) is 8.22. The molecule has 0 radical (unpaired) electrons. The van der Waals surface area contributed by atoms with Gasteiger partial charge in [-0.15, -0.1) is 0 Å². The summed E-state index contributed by atoms with van der Waals surface area (Å²) in [5.74, 6) is -1.02. The third kappa shape index (κ3) is 2.61. The van der Waals surface area contributed by atoms with Crippen LogP contribution >= 0.6 is 39.1 Å². The lowest BCUT2D eigenvalue weighted by Gasteiger charge is -2.07. The minimum absolute atomic E-state index is 0.0143. The molecule has 0 aliphatic carbocycles. The Morgan fingerprint density at radius 2 is 1.71 bits per heavy atom. The topological polar surface area (TPSA) is 25.8 Å². The molecule has 7 heteroatoms. The molecular formula is C14H5BrCl2F2N2. The van der Waals surface area contributed by atoms with Gasteiger partial charge in [0, 0.05) is 10.0 Å². The third-order valence-electron chi connectivity index (χ3n) is 2.88. The van der Waals surface area contributed by atoms with Gasteiger partial charge in [0.25, 0.3) is 0 Å². The number of benzene rings is 2. The van der Waals surface area contributed by atoms with Gasteiger partial charge >= 0.3 is 0 Å². The molecule has 2 aromatic carbocycles. The molecule has 0 saturated carbocycles. The van der Waals surface area contributed by atoms with Gasteiger partial charge in [-0.05, 0) is 46.3 Å². The summed E-state index contributed by atoms with van der Waals surface area (Å²) >= 11 is 15.0. The Balaban J connectivity index is 2.30. The summed E-state index contributed by atoms with van der Waals surface area (Å²) in [6.07, 6.45) is 0. The number of fused-ring (bicyclic) bond motifs is 1. The zero-order chi connectivity index (χ0) is 15.1. The second-order valence-corrected chi connectivity index (χ2v) is 5.84. The Kier molecular flexibility index (Phi) is 3.82. The van der Waals surface area contributed by atoms with E-state index in [9.17, 15) is 8.78 Å². The van der Waals surface area contributed by atoms with E-state index in [-0.39, 0.29) is 21.5 Å². The summed E-state index contributed by atoms with van der Waals surface area (Å²) in [6, 6.07) is 6.88. The van der Waals surface area contributed by atoms with Gasteiger partial charge in [0.1, 0.15) is 22.3 Å². The van der Waals surface area contributed by atoms with Gasteiger partial charge in [-0.2, -0.15) is 0 Å². The van der Waals surface area contributed by atoms with Crippen LogP contribution in [-0.2, 0) is 0 Å². The highest BCUT2D eigenvalue weighted by Crippen LogP contribution is 2.32. The van der Waals surface area contributed by atoms with E-state index in [0.717, 1.165) is 0 Å². The molecule has 2 nitrogen and oxygen atoms in total. The maximum atomic E-state index is 13.9. The summed E-state index contributed by atoms with van der Waals surface area (Å²) in [5, 5.41) is 0.436. The molecule has 0 saturated heterocycles. The number of rotatable bonds is 1. The molecular weight excluding hydrogens is 385 g/mol. The van der Waals surface area contributed by atoms with Crippen molar-refractivity contribution >= 4 is 50.0 Å². The van der Waals surface area contributed by atoms with Gasteiger partial charge < -0.3 is 0 Å². The molecule has 0 unspecified atom stereocenters. The lowest BCUT2D eigenvalue weighted by molar-refractivity contribution is 0.628. The largest absolute Gasteiger partial charge is 0.225 e. The molecule has 0 fully saturated rings. The monoisotopic (exact) mass is 388 g/mol. The summed E-state index contributed by atoms with van der Waals surface area (Å²) < 4.78 is 28.0. The highest BCUT2D eigenvalue weighted by atomic mass is 79.9. The van der Waals surface area contributed by atoms with E-state index in [4.69, 9.17) is 23.2 Å². The summed E-state index contributed by atoms with van der Waals surface area (Å²) in [5.41, 5.74) is 0.426. The molecule has 0 aliphatic heterocycles. The zero-order valence-corrected chi connectivity index (χ0v) is 13.3. The number of halogens is 5. The second-order valence-electron chi connectivity index (χ2n) is 4.22. The van der Waals surface area contributed by atoms with E-state index in [1.807, 2.05) is 0 Å². The van der Waals surface area contributed by atoms with Crippen molar-refractivity contribution in [3.8, 4) is 11.4 Å². The van der Waals surface area contributed by atoms with Gasteiger partial charge in [-0.25, -0.2) is 18.7 Å². The molecule has 0 N–H and O–H groups in total. The van der Waals surface area contributed by atoms with E-state index in [2.05, 4.69) is 25.9 Å². The van der Waals surface area contributed by atoms with E-state index >= 15 is 0 Å². The van der Waals surface area contributed by atoms with Crippen molar-refractivity contribution in [1.82, 2.24) is 9.97 Å². The Morgan fingerprint density at radius 1 is 0.952 bits per heavy atom. The lowest BCUT2D eigenvalue weighted by atomic mass is 10.2. The van der Waals surface area contributed by atoms with Gasteiger partial charge in [0.15, 0.2) is 5.82 Å². The second kappa shape index (κ2) is 5.48. The van der Waals surface area contributed by atoms with E-state index in [1.165, 1.54) is 24.3 Å². The first-order valence-corrected chi connectivity index (χ1v) is 7.29. The fourth-order valence-electron chi connectivity index (χ4n) is 1.89. The molecule has 0 bridgehead atoms. The predicted octanol–water partition coefficient (Wildman–Crippen LogP) is 5.64. The van der Waals surface area contributed by atoms with Crippen molar-refractivity contribution in [3.05, 3.63) is 56.6 Å². The predicted molar refractivity (Wildman–Crippen MR) is 82.6 cm³/mol. The first-order valence-electron chi connectivity index (χ1n) is 5.74. The molecule has 0 aliphatic rings. The Hall–Kier alpha value is -1.30. The third-order valence-corrected chi connectivity index (χ3v) is 4.12. The first kappa shape index (κ1) is 14.6. The molecule has 3 rings (SSSR count). The van der Waals surface area contributed by atoms with Crippen molar-refractivity contribution in [3.63, 3.8) is 0 Å². The van der Waals surface area contributed by atoms with Crippen LogP contribution in [0.4, 0.5) is 8.78 Å².